The number of rotatable bonds is 1. The molecule has 53 valence electrons. The molecule has 0 aliphatic heterocycles. The third-order valence-corrected chi connectivity index (χ3v) is 2.03. The van der Waals surface area contributed by atoms with Crippen LogP contribution < -0.4 is 0 Å². The van der Waals surface area contributed by atoms with Gasteiger partial charge in [0.05, 0.1) is 0 Å². The Morgan fingerprint density at radius 3 is 3.09 bits per heavy atom. The van der Waals surface area contributed by atoms with Gasteiger partial charge in [-0.15, -0.1) is 0 Å². The Morgan fingerprint density at radius 2 is 2.45 bits per heavy atom. The van der Waals surface area contributed by atoms with Crippen LogP contribution in [-0.4, -0.2) is 9.36 Å². The highest BCUT2D eigenvalue weighted by molar-refractivity contribution is 7.09. The maximum atomic E-state index is 4.07. The van der Waals surface area contributed by atoms with E-state index >= 15 is 0 Å². The second-order valence-electron chi connectivity index (χ2n) is 2.04. The summed E-state index contributed by atoms with van der Waals surface area (Å²) < 4.78 is 3.92. The zero-order chi connectivity index (χ0) is 7.52. The summed E-state index contributed by atoms with van der Waals surface area (Å²) in [5.74, 6) is 0. The van der Waals surface area contributed by atoms with Crippen LogP contribution in [-0.2, 0) is 0 Å². The Bertz CT molecular complexity index is 315. The van der Waals surface area contributed by atoms with E-state index in [1.54, 1.807) is 6.33 Å². The number of nitrogens with zero attached hydrogens (tertiary/aromatic N) is 2. The average Bonchev–Trinajstić information content (AvgIpc) is 2.58. The summed E-state index contributed by atoms with van der Waals surface area (Å²) in [5.41, 5.74) is 1.08. The summed E-state index contributed by atoms with van der Waals surface area (Å²) in [4.78, 5) is 4.07. The number of hydrogen-bond acceptors (Lipinski definition) is 3. The van der Waals surface area contributed by atoms with E-state index in [0.717, 1.165) is 10.6 Å². The smallest absolute Gasteiger partial charge is 0.143 e. The fraction of sp³-hybridized carbons (Fsp3) is 0. The molecule has 0 atom stereocenters. The van der Waals surface area contributed by atoms with Crippen molar-refractivity contribution < 1.29 is 0 Å². The molecule has 0 fully saturated rings. The van der Waals surface area contributed by atoms with E-state index in [-0.39, 0.29) is 0 Å². The molecular formula is C8H5N2S. The maximum absolute atomic E-state index is 4.07. The van der Waals surface area contributed by atoms with E-state index < -0.39 is 0 Å². The Kier molecular flexibility index (Phi) is 1.65. The van der Waals surface area contributed by atoms with Crippen molar-refractivity contribution in [2.45, 2.75) is 0 Å². The average molecular weight is 161 g/mol. The molecule has 0 aliphatic rings. The highest BCUT2D eigenvalue weighted by Crippen LogP contribution is 2.17. The van der Waals surface area contributed by atoms with Gasteiger partial charge >= 0.3 is 0 Å². The minimum absolute atomic E-state index is 0.946. The summed E-state index contributed by atoms with van der Waals surface area (Å²) in [6.07, 6.45) is 1.56. The molecule has 1 aromatic carbocycles. The van der Waals surface area contributed by atoms with Gasteiger partial charge in [0.2, 0.25) is 0 Å². The number of aromatic nitrogens is 2. The zero-order valence-corrected chi connectivity index (χ0v) is 6.51. The highest BCUT2D eigenvalue weighted by atomic mass is 32.1. The Balaban J connectivity index is 2.46. The standard InChI is InChI=1S/C8H5N2S/c1-2-4-7(5-3-1)8-9-6-10-11-8/h1-2,4-6H. The molecule has 1 heterocycles. The molecule has 0 bridgehead atoms. The maximum Gasteiger partial charge on any atom is 0.143 e. The van der Waals surface area contributed by atoms with Gasteiger partial charge < -0.3 is 0 Å². The van der Waals surface area contributed by atoms with Gasteiger partial charge in [0.15, 0.2) is 0 Å². The first-order valence-corrected chi connectivity index (χ1v) is 3.97. The predicted molar refractivity (Wildman–Crippen MR) is 44.2 cm³/mol. The molecule has 3 heteroatoms. The van der Waals surface area contributed by atoms with E-state index in [1.165, 1.54) is 11.5 Å². The molecule has 0 saturated carbocycles. The van der Waals surface area contributed by atoms with Gasteiger partial charge in [-0.1, -0.05) is 18.2 Å². The molecule has 2 aromatic rings. The van der Waals surface area contributed by atoms with Gasteiger partial charge in [-0.3, -0.25) is 0 Å². The van der Waals surface area contributed by atoms with E-state index in [0.29, 0.717) is 0 Å². The summed E-state index contributed by atoms with van der Waals surface area (Å²) in [6, 6.07) is 10.7. The van der Waals surface area contributed by atoms with Crippen molar-refractivity contribution in [1.29, 1.82) is 0 Å². The monoisotopic (exact) mass is 161 g/mol. The lowest BCUT2D eigenvalue weighted by Gasteiger charge is -1.90. The molecule has 2 rings (SSSR count). The molecule has 0 spiro atoms. The van der Waals surface area contributed by atoms with Crippen LogP contribution in [0.4, 0.5) is 0 Å². The first-order valence-electron chi connectivity index (χ1n) is 3.20. The summed E-state index contributed by atoms with van der Waals surface area (Å²) in [7, 11) is 0. The van der Waals surface area contributed by atoms with Gasteiger partial charge in [-0.05, 0) is 23.7 Å². The third kappa shape index (κ3) is 1.28. The van der Waals surface area contributed by atoms with Crippen molar-refractivity contribution in [3.05, 3.63) is 36.7 Å². The fourth-order valence-electron chi connectivity index (χ4n) is 0.827. The van der Waals surface area contributed by atoms with Crippen molar-refractivity contribution in [3.8, 4) is 10.6 Å². The predicted octanol–water partition coefficient (Wildman–Crippen LogP) is 2.01. The van der Waals surface area contributed by atoms with E-state index in [9.17, 15) is 0 Å². The van der Waals surface area contributed by atoms with Crippen molar-refractivity contribution >= 4 is 11.5 Å². The second kappa shape index (κ2) is 2.80. The Labute approximate surface area is 68.7 Å². The van der Waals surface area contributed by atoms with Crippen LogP contribution in [0.15, 0.2) is 30.6 Å². The van der Waals surface area contributed by atoms with Crippen molar-refractivity contribution in [2.75, 3.05) is 0 Å². The molecular weight excluding hydrogens is 156 g/mol. The normalized spacial score (nSPS) is 9.82. The van der Waals surface area contributed by atoms with Crippen LogP contribution in [0.5, 0.6) is 0 Å². The van der Waals surface area contributed by atoms with Gasteiger partial charge in [-0.25, -0.2) is 4.98 Å². The van der Waals surface area contributed by atoms with Crippen LogP contribution in [0.1, 0.15) is 0 Å². The first-order chi connectivity index (χ1) is 5.47. The Hall–Kier alpha value is -1.22. The fourth-order valence-corrected chi connectivity index (χ4v) is 1.35. The minimum atomic E-state index is 0.946. The number of hydrogen-bond donors (Lipinski definition) is 0. The summed E-state index contributed by atoms with van der Waals surface area (Å²) in [5, 5.41) is 0.946. The lowest BCUT2D eigenvalue weighted by atomic mass is 10.2. The molecule has 0 aliphatic carbocycles. The second-order valence-corrected chi connectivity index (χ2v) is 2.82. The largest absolute Gasteiger partial charge is 0.223 e. The van der Waals surface area contributed by atoms with Crippen molar-refractivity contribution in [2.24, 2.45) is 0 Å². The molecule has 2 nitrogen and oxygen atoms in total. The van der Waals surface area contributed by atoms with Crippen LogP contribution in [0, 0.1) is 6.07 Å². The van der Waals surface area contributed by atoms with Gasteiger partial charge in [0.25, 0.3) is 0 Å². The number of benzene rings is 1. The van der Waals surface area contributed by atoms with Crippen molar-refractivity contribution in [3.63, 3.8) is 0 Å². The third-order valence-electron chi connectivity index (χ3n) is 1.32. The molecule has 0 saturated heterocycles. The SMILES string of the molecule is [c]1cccc(-c2ncns2)c1. The van der Waals surface area contributed by atoms with Gasteiger partial charge in [0.1, 0.15) is 11.3 Å². The van der Waals surface area contributed by atoms with E-state index in [2.05, 4.69) is 15.4 Å². The first kappa shape index (κ1) is 6.49. The van der Waals surface area contributed by atoms with Gasteiger partial charge in [-0.2, -0.15) is 4.37 Å². The minimum Gasteiger partial charge on any atom is -0.223 e. The zero-order valence-electron chi connectivity index (χ0n) is 5.69. The molecule has 0 unspecified atom stereocenters. The summed E-state index contributed by atoms with van der Waals surface area (Å²) in [6.45, 7) is 0. The van der Waals surface area contributed by atoms with Crippen molar-refractivity contribution in [1.82, 2.24) is 9.36 Å². The topological polar surface area (TPSA) is 25.8 Å². The highest BCUT2D eigenvalue weighted by Gasteiger charge is 1.97. The van der Waals surface area contributed by atoms with Gasteiger partial charge in [0, 0.05) is 5.56 Å². The van der Waals surface area contributed by atoms with E-state index in [4.69, 9.17) is 0 Å². The van der Waals surface area contributed by atoms with Crippen LogP contribution in [0.25, 0.3) is 10.6 Å². The Morgan fingerprint density at radius 1 is 1.45 bits per heavy atom. The molecule has 11 heavy (non-hydrogen) atoms. The quantitative estimate of drug-likeness (QED) is 0.639. The summed E-state index contributed by atoms with van der Waals surface area (Å²) >= 11 is 1.39. The van der Waals surface area contributed by atoms with E-state index in [1.807, 2.05) is 24.3 Å². The molecule has 0 N–H and O–H groups in total. The molecule has 0 amide bonds. The molecule has 1 aromatic heterocycles. The molecule has 1 radical (unpaired) electrons. The van der Waals surface area contributed by atoms with Crippen LogP contribution in [0.2, 0.25) is 0 Å². The lowest BCUT2D eigenvalue weighted by Crippen LogP contribution is -1.71. The van der Waals surface area contributed by atoms with Crippen LogP contribution >= 0.6 is 11.5 Å². The lowest BCUT2D eigenvalue weighted by molar-refractivity contribution is 1.33. The van der Waals surface area contributed by atoms with Crippen LogP contribution in [0.3, 0.4) is 0 Å².